The van der Waals surface area contributed by atoms with E-state index < -0.39 is 9.84 Å². The number of hydrogen-bond acceptors (Lipinski definition) is 2. The average Bonchev–Trinajstić information content (AvgIpc) is 2.54. The fourth-order valence-electron chi connectivity index (χ4n) is 2.83. The molecule has 0 saturated carbocycles. The van der Waals surface area contributed by atoms with Crippen LogP contribution in [0, 0.1) is 55.8 Å². The SMILES string of the molecule is Cc1c(C)c(I)c(I)c(S(=O)(=O)c2c(C)c(C)c(C)c(I)c2I)c1C. The van der Waals surface area contributed by atoms with Gasteiger partial charge in [-0.1, -0.05) is 0 Å². The van der Waals surface area contributed by atoms with E-state index in [4.69, 9.17) is 0 Å². The monoisotopic (exact) mass is 806 g/mol. The second-order valence-electron chi connectivity index (χ2n) is 6.17. The lowest BCUT2D eigenvalue weighted by atomic mass is 10.0. The highest BCUT2D eigenvalue weighted by Crippen LogP contribution is 2.40. The molecule has 0 aliphatic carbocycles. The standard InChI is InChI=1S/C18H18I4O2S/c1-7-9(3)13(19)15(21)17(11(7)5)25(23,24)18-12(6)8(2)10(4)14(20)16(18)22/h1-6H3. The van der Waals surface area contributed by atoms with Crippen LogP contribution in [0.3, 0.4) is 0 Å². The Morgan fingerprint density at radius 1 is 0.480 bits per heavy atom. The van der Waals surface area contributed by atoms with E-state index in [-0.39, 0.29) is 0 Å². The minimum Gasteiger partial charge on any atom is -0.218 e. The maximum Gasteiger partial charge on any atom is 0.209 e. The quantitative estimate of drug-likeness (QED) is 0.314. The molecule has 0 aliphatic heterocycles. The van der Waals surface area contributed by atoms with Crippen LogP contribution in [-0.4, -0.2) is 8.42 Å². The van der Waals surface area contributed by atoms with E-state index in [0.29, 0.717) is 9.79 Å². The third kappa shape index (κ3) is 3.66. The summed E-state index contributed by atoms with van der Waals surface area (Å²) in [5.74, 6) is 0. The maximum absolute atomic E-state index is 13.7. The second kappa shape index (κ2) is 7.97. The van der Waals surface area contributed by atoms with Crippen molar-refractivity contribution in [1.29, 1.82) is 0 Å². The molecule has 0 aromatic heterocycles. The summed E-state index contributed by atoms with van der Waals surface area (Å²) in [4.78, 5) is 0.918. The molecule has 2 rings (SSSR count). The third-order valence-corrected chi connectivity index (χ3v) is 14.7. The fourth-order valence-corrected chi connectivity index (χ4v) is 9.90. The van der Waals surface area contributed by atoms with Gasteiger partial charge in [0.25, 0.3) is 0 Å². The van der Waals surface area contributed by atoms with Crippen LogP contribution in [0.2, 0.25) is 0 Å². The first-order chi connectivity index (χ1) is 11.4. The predicted octanol–water partition coefficient (Wildman–Crippen LogP) is 6.79. The molecule has 0 amide bonds. The molecule has 0 aliphatic rings. The van der Waals surface area contributed by atoms with Crippen LogP contribution in [0.15, 0.2) is 9.79 Å². The van der Waals surface area contributed by atoms with E-state index in [0.717, 1.165) is 47.7 Å². The number of hydrogen-bond donors (Lipinski definition) is 0. The van der Waals surface area contributed by atoms with Gasteiger partial charge in [0.05, 0.1) is 9.79 Å². The van der Waals surface area contributed by atoms with Crippen molar-refractivity contribution in [3.05, 3.63) is 47.7 Å². The molecule has 0 saturated heterocycles. The Morgan fingerprint density at radius 3 is 1.04 bits per heavy atom. The molecular formula is C18H18I4O2S. The summed E-state index contributed by atoms with van der Waals surface area (Å²) < 4.78 is 31.1. The van der Waals surface area contributed by atoms with Gasteiger partial charge in [0, 0.05) is 14.3 Å². The summed E-state index contributed by atoms with van der Waals surface area (Å²) in [5.41, 5.74) is 6.12. The summed E-state index contributed by atoms with van der Waals surface area (Å²) in [6, 6.07) is 0. The lowest BCUT2D eigenvalue weighted by molar-refractivity contribution is 0.593. The van der Waals surface area contributed by atoms with Crippen molar-refractivity contribution >= 4 is 100 Å². The van der Waals surface area contributed by atoms with Crippen molar-refractivity contribution in [2.75, 3.05) is 0 Å². The molecule has 2 aromatic carbocycles. The number of halogens is 4. The lowest BCUT2D eigenvalue weighted by Crippen LogP contribution is -2.15. The van der Waals surface area contributed by atoms with Crippen molar-refractivity contribution in [3.8, 4) is 0 Å². The molecule has 136 valence electrons. The molecule has 0 heterocycles. The smallest absolute Gasteiger partial charge is 0.209 e. The first-order valence-corrected chi connectivity index (χ1v) is 13.3. The first kappa shape index (κ1) is 22.6. The Labute approximate surface area is 204 Å². The molecule has 0 spiro atoms. The van der Waals surface area contributed by atoms with Crippen LogP contribution >= 0.6 is 90.4 Å². The summed E-state index contributed by atoms with van der Waals surface area (Å²) in [6.07, 6.45) is 0. The van der Waals surface area contributed by atoms with Crippen LogP contribution in [0.25, 0.3) is 0 Å². The molecule has 0 atom stereocenters. The highest BCUT2D eigenvalue weighted by molar-refractivity contribution is 14.1. The molecule has 25 heavy (non-hydrogen) atoms. The van der Waals surface area contributed by atoms with Gasteiger partial charge in [0.1, 0.15) is 0 Å². The van der Waals surface area contributed by atoms with Gasteiger partial charge in [0.15, 0.2) is 0 Å². The van der Waals surface area contributed by atoms with Gasteiger partial charge >= 0.3 is 0 Å². The third-order valence-electron chi connectivity index (χ3n) is 4.91. The Morgan fingerprint density at radius 2 is 0.760 bits per heavy atom. The van der Waals surface area contributed by atoms with Crippen LogP contribution in [0.4, 0.5) is 0 Å². The largest absolute Gasteiger partial charge is 0.218 e. The van der Waals surface area contributed by atoms with E-state index in [1.165, 1.54) is 0 Å². The van der Waals surface area contributed by atoms with E-state index in [9.17, 15) is 8.42 Å². The second-order valence-corrected chi connectivity index (χ2v) is 12.3. The zero-order valence-corrected chi connectivity index (χ0v) is 24.2. The van der Waals surface area contributed by atoms with Crippen molar-refractivity contribution in [3.63, 3.8) is 0 Å². The van der Waals surface area contributed by atoms with Crippen molar-refractivity contribution in [1.82, 2.24) is 0 Å². The van der Waals surface area contributed by atoms with Gasteiger partial charge in [-0.25, -0.2) is 8.42 Å². The number of benzene rings is 2. The lowest BCUT2D eigenvalue weighted by Gasteiger charge is -2.21. The molecule has 2 nitrogen and oxygen atoms in total. The van der Waals surface area contributed by atoms with Gasteiger partial charge < -0.3 is 0 Å². The van der Waals surface area contributed by atoms with Gasteiger partial charge in [-0.05, 0) is 165 Å². The van der Waals surface area contributed by atoms with Crippen LogP contribution in [-0.2, 0) is 9.84 Å². The summed E-state index contributed by atoms with van der Waals surface area (Å²) in [7, 11) is -3.61. The zero-order chi connectivity index (χ0) is 19.4. The van der Waals surface area contributed by atoms with Crippen molar-refractivity contribution in [2.45, 2.75) is 51.3 Å². The summed E-state index contributed by atoms with van der Waals surface area (Å²) in [5, 5.41) is 0. The summed E-state index contributed by atoms with van der Waals surface area (Å²) >= 11 is 8.88. The van der Waals surface area contributed by atoms with E-state index in [1.54, 1.807) is 0 Å². The van der Waals surface area contributed by atoms with Crippen LogP contribution in [0.5, 0.6) is 0 Å². The topological polar surface area (TPSA) is 34.1 Å². The van der Waals surface area contributed by atoms with E-state index >= 15 is 0 Å². The minimum atomic E-state index is -3.61. The summed E-state index contributed by atoms with van der Waals surface area (Å²) in [6.45, 7) is 11.9. The van der Waals surface area contributed by atoms with Gasteiger partial charge in [-0.3, -0.25) is 0 Å². The van der Waals surface area contributed by atoms with E-state index in [2.05, 4.69) is 104 Å². The maximum atomic E-state index is 13.7. The van der Waals surface area contributed by atoms with Crippen LogP contribution in [0.1, 0.15) is 33.4 Å². The minimum absolute atomic E-state index is 0.459. The van der Waals surface area contributed by atoms with E-state index in [1.807, 2.05) is 27.7 Å². The number of sulfone groups is 1. The number of rotatable bonds is 2. The highest BCUT2D eigenvalue weighted by Gasteiger charge is 2.31. The molecule has 0 radical (unpaired) electrons. The first-order valence-electron chi connectivity index (χ1n) is 7.50. The fraction of sp³-hybridized carbons (Fsp3) is 0.333. The average molecular weight is 806 g/mol. The predicted molar refractivity (Wildman–Crippen MR) is 138 cm³/mol. The van der Waals surface area contributed by atoms with Gasteiger partial charge in [-0.15, -0.1) is 0 Å². The molecule has 2 aromatic rings. The Kier molecular flexibility index (Phi) is 7.21. The molecular weight excluding hydrogens is 788 g/mol. The van der Waals surface area contributed by atoms with Crippen molar-refractivity contribution in [2.24, 2.45) is 0 Å². The Hall–Kier alpha value is 1.31. The molecule has 7 heteroatoms. The zero-order valence-electron chi connectivity index (χ0n) is 14.7. The molecule has 0 bridgehead atoms. The highest BCUT2D eigenvalue weighted by atomic mass is 127. The molecule has 0 unspecified atom stereocenters. The van der Waals surface area contributed by atoms with Gasteiger partial charge in [0.2, 0.25) is 9.84 Å². The Balaban J connectivity index is 3.02. The van der Waals surface area contributed by atoms with Crippen LogP contribution < -0.4 is 0 Å². The molecule has 0 fully saturated rings. The van der Waals surface area contributed by atoms with Crippen molar-refractivity contribution < 1.29 is 8.42 Å². The Bertz CT molecular complexity index is 875. The van der Waals surface area contributed by atoms with Gasteiger partial charge in [-0.2, -0.15) is 0 Å². The molecule has 0 N–H and O–H groups in total. The normalized spacial score (nSPS) is 11.9.